The summed E-state index contributed by atoms with van der Waals surface area (Å²) >= 11 is 3.39. The van der Waals surface area contributed by atoms with E-state index in [0.717, 1.165) is 0 Å². The van der Waals surface area contributed by atoms with Crippen molar-refractivity contribution in [2.75, 3.05) is 0 Å². The van der Waals surface area contributed by atoms with E-state index in [4.69, 9.17) is 0 Å². The Balaban J connectivity index is 2.71. The molecule has 0 aromatic carbocycles. The Morgan fingerprint density at radius 3 is 2.75 bits per heavy atom. The van der Waals surface area contributed by atoms with Crippen LogP contribution < -0.4 is 0 Å². The first-order valence-electron chi connectivity index (χ1n) is 2.51. The summed E-state index contributed by atoms with van der Waals surface area (Å²) in [5.41, 5.74) is 0. The highest BCUT2D eigenvalue weighted by atomic mass is 79.9. The molecule has 1 atom stereocenters. The summed E-state index contributed by atoms with van der Waals surface area (Å²) in [6.07, 6.45) is 8.06. The van der Waals surface area contributed by atoms with Gasteiger partial charge in [0.1, 0.15) is 0 Å². The molecule has 0 bridgehead atoms. The molecule has 1 aliphatic rings. The second kappa shape index (κ2) is 2.31. The van der Waals surface area contributed by atoms with Gasteiger partial charge in [0.25, 0.3) is 0 Å². The van der Waals surface area contributed by atoms with Crippen LogP contribution in [0.4, 0.5) is 0 Å². The fraction of sp³-hybridized carbons (Fsp3) is 0.143. The van der Waals surface area contributed by atoms with E-state index in [2.05, 4.69) is 28.6 Å². The van der Waals surface area contributed by atoms with Crippen LogP contribution >= 0.6 is 15.9 Å². The van der Waals surface area contributed by atoms with Crippen molar-refractivity contribution in [2.45, 2.75) is 0 Å². The lowest BCUT2D eigenvalue weighted by molar-refractivity contribution is 1.08. The Morgan fingerprint density at radius 1 is 1.75 bits per heavy atom. The van der Waals surface area contributed by atoms with Crippen LogP contribution in [0.15, 0.2) is 35.4 Å². The van der Waals surface area contributed by atoms with E-state index in [-0.39, 0.29) is 0 Å². The standard InChI is InChI=1S/C7H7Br/c1-2-6-4-3-5-7(6)8/h2-6H,1H2. The topological polar surface area (TPSA) is 0 Å². The van der Waals surface area contributed by atoms with E-state index in [1.807, 2.05) is 18.2 Å². The third kappa shape index (κ3) is 0.920. The lowest BCUT2D eigenvalue weighted by atomic mass is 10.2. The molecule has 1 rings (SSSR count). The summed E-state index contributed by atoms with van der Waals surface area (Å²) in [5.74, 6) is 0.426. The molecule has 0 spiro atoms. The molecule has 0 radical (unpaired) electrons. The number of hydrogen-bond donors (Lipinski definition) is 0. The maximum absolute atomic E-state index is 3.67. The van der Waals surface area contributed by atoms with E-state index >= 15 is 0 Å². The highest BCUT2D eigenvalue weighted by molar-refractivity contribution is 9.11. The molecular weight excluding hydrogens is 164 g/mol. The van der Waals surface area contributed by atoms with Gasteiger partial charge >= 0.3 is 0 Å². The first-order valence-corrected chi connectivity index (χ1v) is 3.30. The zero-order valence-electron chi connectivity index (χ0n) is 4.47. The Labute approximate surface area is 57.7 Å². The van der Waals surface area contributed by atoms with Crippen molar-refractivity contribution in [1.29, 1.82) is 0 Å². The van der Waals surface area contributed by atoms with Crippen LogP contribution in [-0.4, -0.2) is 0 Å². The Hall–Kier alpha value is -0.300. The van der Waals surface area contributed by atoms with Crippen molar-refractivity contribution in [3.63, 3.8) is 0 Å². The minimum absolute atomic E-state index is 0.426. The van der Waals surface area contributed by atoms with Gasteiger partial charge in [-0.05, 0) is 0 Å². The van der Waals surface area contributed by atoms with Crippen LogP contribution in [0.1, 0.15) is 0 Å². The van der Waals surface area contributed by atoms with Crippen molar-refractivity contribution >= 4 is 15.9 Å². The van der Waals surface area contributed by atoms with Crippen molar-refractivity contribution in [3.05, 3.63) is 35.4 Å². The SMILES string of the molecule is C=CC1C=CC=C1Br. The third-order valence-corrected chi connectivity index (χ3v) is 1.94. The maximum Gasteiger partial charge on any atom is 0.0265 e. The molecule has 42 valence electrons. The van der Waals surface area contributed by atoms with Gasteiger partial charge in [-0.15, -0.1) is 6.58 Å². The fourth-order valence-electron chi connectivity index (χ4n) is 0.661. The smallest absolute Gasteiger partial charge is 0.0265 e. The van der Waals surface area contributed by atoms with Crippen LogP contribution in [0, 0.1) is 5.92 Å². The molecule has 1 heteroatoms. The average Bonchev–Trinajstić information content (AvgIpc) is 2.14. The monoisotopic (exact) mass is 170 g/mol. The lowest BCUT2D eigenvalue weighted by Gasteiger charge is -1.96. The molecule has 0 N–H and O–H groups in total. The minimum Gasteiger partial charge on any atom is -0.102 e. The molecule has 1 aliphatic carbocycles. The highest BCUT2D eigenvalue weighted by Crippen LogP contribution is 2.24. The van der Waals surface area contributed by atoms with E-state index < -0.39 is 0 Å². The molecule has 0 aliphatic heterocycles. The van der Waals surface area contributed by atoms with Crippen LogP contribution in [0.2, 0.25) is 0 Å². The fourth-order valence-corrected chi connectivity index (χ4v) is 1.15. The molecule has 0 amide bonds. The summed E-state index contributed by atoms with van der Waals surface area (Å²) in [7, 11) is 0. The van der Waals surface area contributed by atoms with Crippen molar-refractivity contribution in [3.8, 4) is 0 Å². The van der Waals surface area contributed by atoms with E-state index in [1.54, 1.807) is 0 Å². The van der Waals surface area contributed by atoms with Crippen LogP contribution in [-0.2, 0) is 0 Å². The van der Waals surface area contributed by atoms with E-state index in [9.17, 15) is 0 Å². The minimum atomic E-state index is 0.426. The van der Waals surface area contributed by atoms with E-state index in [0.29, 0.717) is 5.92 Å². The molecule has 0 fully saturated rings. The van der Waals surface area contributed by atoms with Crippen molar-refractivity contribution in [1.82, 2.24) is 0 Å². The first kappa shape index (κ1) is 5.83. The lowest BCUT2D eigenvalue weighted by Crippen LogP contribution is -1.83. The second-order valence-electron chi connectivity index (χ2n) is 1.70. The number of allylic oxidation sites excluding steroid dienone is 5. The third-order valence-electron chi connectivity index (χ3n) is 1.15. The predicted molar refractivity (Wildman–Crippen MR) is 39.8 cm³/mol. The van der Waals surface area contributed by atoms with Gasteiger partial charge in [0.15, 0.2) is 0 Å². The van der Waals surface area contributed by atoms with Crippen LogP contribution in [0.3, 0.4) is 0 Å². The first-order chi connectivity index (χ1) is 3.84. The van der Waals surface area contributed by atoms with Gasteiger partial charge in [0, 0.05) is 10.4 Å². The van der Waals surface area contributed by atoms with Gasteiger partial charge in [0.2, 0.25) is 0 Å². The zero-order valence-corrected chi connectivity index (χ0v) is 6.06. The molecule has 0 aromatic rings. The number of hydrogen-bond acceptors (Lipinski definition) is 0. The summed E-state index contributed by atoms with van der Waals surface area (Å²) in [6.45, 7) is 3.67. The van der Waals surface area contributed by atoms with Gasteiger partial charge in [-0.3, -0.25) is 0 Å². The van der Waals surface area contributed by atoms with Gasteiger partial charge < -0.3 is 0 Å². The van der Waals surface area contributed by atoms with Gasteiger partial charge in [-0.25, -0.2) is 0 Å². The highest BCUT2D eigenvalue weighted by Gasteiger charge is 2.05. The Bertz CT molecular complexity index is 154. The second-order valence-corrected chi connectivity index (χ2v) is 2.61. The molecule has 0 aromatic heterocycles. The zero-order chi connectivity index (χ0) is 5.98. The quantitative estimate of drug-likeness (QED) is 0.532. The Morgan fingerprint density at radius 2 is 2.50 bits per heavy atom. The largest absolute Gasteiger partial charge is 0.102 e. The normalized spacial score (nSPS) is 25.6. The predicted octanol–water partition coefficient (Wildman–Crippen LogP) is 2.64. The molecule has 0 saturated heterocycles. The molecule has 0 heterocycles. The van der Waals surface area contributed by atoms with E-state index in [1.165, 1.54) is 4.48 Å². The van der Waals surface area contributed by atoms with Crippen LogP contribution in [0.25, 0.3) is 0 Å². The van der Waals surface area contributed by atoms with Crippen molar-refractivity contribution < 1.29 is 0 Å². The number of rotatable bonds is 1. The van der Waals surface area contributed by atoms with Crippen molar-refractivity contribution in [2.24, 2.45) is 5.92 Å². The molecule has 8 heavy (non-hydrogen) atoms. The van der Waals surface area contributed by atoms with Gasteiger partial charge in [-0.2, -0.15) is 0 Å². The Kier molecular flexibility index (Phi) is 1.69. The molecule has 0 saturated carbocycles. The van der Waals surface area contributed by atoms with Crippen LogP contribution in [0.5, 0.6) is 0 Å². The summed E-state index contributed by atoms with van der Waals surface area (Å²) in [6, 6.07) is 0. The maximum atomic E-state index is 3.67. The molecule has 0 nitrogen and oxygen atoms in total. The summed E-state index contributed by atoms with van der Waals surface area (Å²) in [5, 5.41) is 0. The van der Waals surface area contributed by atoms with Gasteiger partial charge in [-0.1, -0.05) is 40.2 Å². The van der Waals surface area contributed by atoms with Gasteiger partial charge in [0.05, 0.1) is 0 Å². The molecule has 1 unspecified atom stereocenters. The molecular formula is C7H7Br. The summed E-state index contributed by atoms with van der Waals surface area (Å²) in [4.78, 5) is 0. The summed E-state index contributed by atoms with van der Waals surface area (Å²) < 4.78 is 1.20. The average molecular weight is 171 g/mol. The number of halogens is 1.